The molecule has 0 aliphatic heterocycles. The van der Waals surface area contributed by atoms with Gasteiger partial charge in [-0.25, -0.2) is 0 Å². The van der Waals surface area contributed by atoms with Gasteiger partial charge in [-0.1, -0.05) is 0 Å². The second kappa shape index (κ2) is 5.89. The molecule has 4 nitrogen and oxygen atoms in total. The second-order valence-electron chi connectivity index (χ2n) is 4.23. The fourth-order valence-electron chi connectivity index (χ4n) is 1.63. The molecular formula is C13H21NO3. The molecule has 17 heavy (non-hydrogen) atoms. The molecule has 0 amide bonds. The monoisotopic (exact) mass is 239 g/mol. The maximum absolute atomic E-state index is 10.4. The van der Waals surface area contributed by atoms with Crippen molar-refractivity contribution in [2.75, 3.05) is 27.8 Å². The van der Waals surface area contributed by atoms with Crippen molar-refractivity contribution in [3.05, 3.63) is 23.8 Å². The Morgan fingerprint density at radius 3 is 2.12 bits per heavy atom. The lowest BCUT2D eigenvalue weighted by atomic mass is 9.92. The number of nitrogens with one attached hydrogen (secondary N) is 1. The van der Waals surface area contributed by atoms with Crippen LogP contribution in [0, 0.1) is 0 Å². The van der Waals surface area contributed by atoms with Crippen LogP contribution in [-0.4, -0.2) is 32.9 Å². The molecule has 0 fully saturated rings. The summed E-state index contributed by atoms with van der Waals surface area (Å²) in [7, 11) is 5.06. The molecule has 0 aliphatic rings. The third-order valence-corrected chi connectivity index (χ3v) is 2.84. The first-order valence-electron chi connectivity index (χ1n) is 5.64. The number of methoxy groups -OCH3 is 2. The summed E-state index contributed by atoms with van der Waals surface area (Å²) in [6, 6.07) is 5.45. The van der Waals surface area contributed by atoms with Crippen molar-refractivity contribution >= 4 is 0 Å². The Morgan fingerprint density at radius 1 is 1.18 bits per heavy atom. The molecule has 1 rings (SSSR count). The fourth-order valence-corrected chi connectivity index (χ4v) is 1.63. The van der Waals surface area contributed by atoms with Crippen LogP contribution in [0.15, 0.2) is 18.2 Å². The SMILES string of the molecule is CNCCC(C)(O)c1cc(OC)cc(OC)c1. The zero-order valence-electron chi connectivity index (χ0n) is 10.9. The highest BCUT2D eigenvalue weighted by Gasteiger charge is 2.23. The maximum atomic E-state index is 10.4. The van der Waals surface area contributed by atoms with Crippen LogP contribution in [0.25, 0.3) is 0 Å². The molecular weight excluding hydrogens is 218 g/mol. The van der Waals surface area contributed by atoms with Crippen LogP contribution in [-0.2, 0) is 5.60 Å². The summed E-state index contributed by atoms with van der Waals surface area (Å²) in [5.41, 5.74) is -0.103. The molecule has 1 aromatic rings. The van der Waals surface area contributed by atoms with Crippen molar-refractivity contribution in [1.82, 2.24) is 5.32 Å². The van der Waals surface area contributed by atoms with E-state index >= 15 is 0 Å². The number of rotatable bonds is 6. The van der Waals surface area contributed by atoms with E-state index in [2.05, 4.69) is 5.32 Å². The van der Waals surface area contributed by atoms with Crippen molar-refractivity contribution in [3.63, 3.8) is 0 Å². The number of hydrogen-bond donors (Lipinski definition) is 2. The van der Waals surface area contributed by atoms with Gasteiger partial charge < -0.3 is 19.9 Å². The van der Waals surface area contributed by atoms with Crippen LogP contribution in [0.1, 0.15) is 18.9 Å². The van der Waals surface area contributed by atoms with Crippen LogP contribution in [0.5, 0.6) is 11.5 Å². The Labute approximate surface area is 103 Å². The number of ether oxygens (including phenoxy) is 2. The first-order chi connectivity index (χ1) is 8.03. The first-order valence-corrected chi connectivity index (χ1v) is 5.64. The zero-order chi connectivity index (χ0) is 12.9. The third kappa shape index (κ3) is 3.61. The van der Waals surface area contributed by atoms with Gasteiger partial charge in [-0.05, 0) is 44.6 Å². The molecule has 1 atom stereocenters. The molecule has 1 unspecified atom stereocenters. The van der Waals surface area contributed by atoms with Gasteiger partial charge in [0.25, 0.3) is 0 Å². The quantitative estimate of drug-likeness (QED) is 0.790. The average molecular weight is 239 g/mol. The highest BCUT2D eigenvalue weighted by atomic mass is 16.5. The lowest BCUT2D eigenvalue weighted by Crippen LogP contribution is -2.26. The Morgan fingerprint density at radius 2 is 1.71 bits per heavy atom. The van der Waals surface area contributed by atoms with Gasteiger partial charge in [-0.2, -0.15) is 0 Å². The van der Waals surface area contributed by atoms with Gasteiger partial charge in [0.05, 0.1) is 19.8 Å². The molecule has 0 aromatic heterocycles. The van der Waals surface area contributed by atoms with Gasteiger partial charge in [0, 0.05) is 6.07 Å². The van der Waals surface area contributed by atoms with E-state index in [9.17, 15) is 5.11 Å². The van der Waals surface area contributed by atoms with Crippen LogP contribution in [0.2, 0.25) is 0 Å². The molecule has 0 radical (unpaired) electrons. The summed E-state index contributed by atoms with van der Waals surface area (Å²) in [6.45, 7) is 2.53. The van der Waals surface area contributed by atoms with Gasteiger partial charge in [-0.3, -0.25) is 0 Å². The summed E-state index contributed by atoms with van der Waals surface area (Å²) in [5, 5.41) is 13.4. The van der Waals surface area contributed by atoms with Crippen LogP contribution >= 0.6 is 0 Å². The van der Waals surface area contributed by atoms with E-state index < -0.39 is 5.60 Å². The largest absolute Gasteiger partial charge is 0.497 e. The highest BCUT2D eigenvalue weighted by Crippen LogP contribution is 2.31. The van der Waals surface area contributed by atoms with Crippen LogP contribution in [0.3, 0.4) is 0 Å². The van der Waals surface area contributed by atoms with Gasteiger partial charge in [0.15, 0.2) is 0 Å². The molecule has 96 valence electrons. The Hall–Kier alpha value is -1.26. The van der Waals surface area contributed by atoms with Crippen molar-refractivity contribution in [2.24, 2.45) is 0 Å². The predicted molar refractivity (Wildman–Crippen MR) is 67.7 cm³/mol. The molecule has 0 spiro atoms. The molecule has 0 saturated carbocycles. The molecule has 2 N–H and O–H groups in total. The highest BCUT2D eigenvalue weighted by molar-refractivity contribution is 5.40. The summed E-state index contributed by atoms with van der Waals surface area (Å²) >= 11 is 0. The summed E-state index contributed by atoms with van der Waals surface area (Å²) in [6.07, 6.45) is 0.625. The minimum absolute atomic E-state index is 0.625. The van der Waals surface area contributed by atoms with E-state index in [1.807, 2.05) is 19.2 Å². The van der Waals surface area contributed by atoms with Crippen LogP contribution in [0.4, 0.5) is 0 Å². The van der Waals surface area contributed by atoms with Crippen molar-refractivity contribution in [3.8, 4) is 11.5 Å². The van der Waals surface area contributed by atoms with E-state index in [1.54, 1.807) is 27.2 Å². The number of benzene rings is 1. The van der Waals surface area contributed by atoms with Gasteiger partial charge in [-0.15, -0.1) is 0 Å². The minimum atomic E-state index is -0.898. The minimum Gasteiger partial charge on any atom is -0.497 e. The van der Waals surface area contributed by atoms with Gasteiger partial charge >= 0.3 is 0 Å². The molecule has 0 saturated heterocycles. The predicted octanol–water partition coefficient (Wildman–Crippen LogP) is 1.52. The third-order valence-electron chi connectivity index (χ3n) is 2.84. The summed E-state index contributed by atoms with van der Waals surface area (Å²) < 4.78 is 10.4. The topological polar surface area (TPSA) is 50.7 Å². The second-order valence-corrected chi connectivity index (χ2v) is 4.23. The number of aliphatic hydroxyl groups is 1. The smallest absolute Gasteiger partial charge is 0.122 e. The Kier molecular flexibility index (Phi) is 4.78. The fraction of sp³-hybridized carbons (Fsp3) is 0.538. The van der Waals surface area contributed by atoms with E-state index in [0.717, 1.165) is 12.1 Å². The number of hydrogen-bond acceptors (Lipinski definition) is 4. The van der Waals surface area contributed by atoms with E-state index in [1.165, 1.54) is 0 Å². The zero-order valence-corrected chi connectivity index (χ0v) is 10.9. The summed E-state index contributed by atoms with van der Waals surface area (Å²) in [5.74, 6) is 1.37. The lowest BCUT2D eigenvalue weighted by molar-refractivity contribution is 0.0481. The van der Waals surface area contributed by atoms with Gasteiger partial charge in [0.2, 0.25) is 0 Å². The van der Waals surface area contributed by atoms with E-state index in [-0.39, 0.29) is 0 Å². The van der Waals surface area contributed by atoms with Crippen molar-refractivity contribution in [1.29, 1.82) is 0 Å². The molecule has 0 bridgehead atoms. The Bertz CT molecular complexity index is 341. The molecule has 0 aliphatic carbocycles. The van der Waals surface area contributed by atoms with E-state index in [0.29, 0.717) is 17.9 Å². The van der Waals surface area contributed by atoms with Crippen LogP contribution < -0.4 is 14.8 Å². The first kappa shape index (κ1) is 13.8. The van der Waals surface area contributed by atoms with E-state index in [4.69, 9.17) is 9.47 Å². The lowest BCUT2D eigenvalue weighted by Gasteiger charge is -2.24. The maximum Gasteiger partial charge on any atom is 0.122 e. The standard InChI is InChI=1S/C13H21NO3/c1-13(15,5-6-14-2)10-7-11(16-3)9-12(8-10)17-4/h7-9,14-15H,5-6H2,1-4H3. The van der Waals surface area contributed by atoms with Crippen molar-refractivity contribution in [2.45, 2.75) is 18.9 Å². The van der Waals surface area contributed by atoms with Crippen molar-refractivity contribution < 1.29 is 14.6 Å². The molecule has 4 heteroatoms. The molecule has 1 aromatic carbocycles. The molecule has 0 heterocycles. The van der Waals surface area contributed by atoms with Gasteiger partial charge in [0.1, 0.15) is 11.5 Å². The average Bonchev–Trinajstić information content (AvgIpc) is 2.35. The Balaban J connectivity index is 3.02. The normalized spacial score (nSPS) is 14.2. The summed E-state index contributed by atoms with van der Waals surface area (Å²) in [4.78, 5) is 0.